The number of benzene rings is 2. The predicted molar refractivity (Wildman–Crippen MR) is 96.9 cm³/mol. The molecular weight excluding hydrogens is 336 g/mol. The quantitative estimate of drug-likeness (QED) is 0.769. The Labute approximate surface area is 151 Å². The third kappa shape index (κ3) is 3.99. The van der Waals surface area contributed by atoms with E-state index in [1.165, 1.54) is 6.92 Å². The first kappa shape index (κ1) is 18.3. The number of carbonyl (C=O) groups is 1. The first-order valence-electron chi connectivity index (χ1n) is 8.67. The molecule has 26 heavy (non-hydrogen) atoms. The Morgan fingerprint density at radius 2 is 1.88 bits per heavy atom. The zero-order chi connectivity index (χ0) is 18.7. The van der Waals surface area contributed by atoms with Crippen LogP contribution in [0, 0.1) is 11.6 Å². The van der Waals surface area contributed by atoms with Crippen LogP contribution in [0.3, 0.4) is 0 Å². The van der Waals surface area contributed by atoms with Crippen molar-refractivity contribution in [2.45, 2.75) is 38.8 Å². The summed E-state index contributed by atoms with van der Waals surface area (Å²) in [6, 6.07) is 8.95. The van der Waals surface area contributed by atoms with Gasteiger partial charge in [-0.05, 0) is 67.2 Å². The van der Waals surface area contributed by atoms with Crippen LogP contribution in [0.1, 0.15) is 47.7 Å². The summed E-state index contributed by atoms with van der Waals surface area (Å²) in [7, 11) is 0. The molecule has 1 aliphatic carbocycles. The van der Waals surface area contributed by atoms with Gasteiger partial charge < -0.3 is 10.4 Å². The molecule has 0 radical (unpaired) electrons. The number of Topliss-reactive ketones (excluding diaryl/α,β-unsaturated/α-hetero) is 1. The maximum Gasteiger partial charge on any atom is 0.160 e. The first-order chi connectivity index (χ1) is 12.5. The first-order valence-corrected chi connectivity index (χ1v) is 8.67. The number of carbonyl (C=O) groups excluding carboxylic acids is 1. The van der Waals surface area contributed by atoms with Crippen LogP contribution in [0.15, 0.2) is 42.5 Å². The van der Waals surface area contributed by atoms with E-state index < -0.39 is 11.6 Å². The minimum absolute atomic E-state index is 0.0551. The van der Waals surface area contributed by atoms with Crippen LogP contribution in [0.25, 0.3) is 5.57 Å². The summed E-state index contributed by atoms with van der Waals surface area (Å²) in [6.45, 7) is 1.93. The standard InChI is InChI=1S/C21H21F2NO2/c1-13(25)17-10-19(22)20(23)11-18(17)16-4-2-3-5-21(16)24-12-14-6-8-15(26)9-7-14/h4,6-11,21,24,26H,2-3,5,12H2,1H3. The molecular formula is C21H21F2NO2. The Balaban J connectivity index is 1.87. The van der Waals surface area contributed by atoms with Crippen molar-refractivity contribution in [1.82, 2.24) is 5.32 Å². The maximum absolute atomic E-state index is 13.8. The van der Waals surface area contributed by atoms with Gasteiger partial charge in [-0.1, -0.05) is 18.2 Å². The van der Waals surface area contributed by atoms with Gasteiger partial charge in [0.2, 0.25) is 0 Å². The highest BCUT2D eigenvalue weighted by Crippen LogP contribution is 2.31. The van der Waals surface area contributed by atoms with Gasteiger partial charge in [-0.15, -0.1) is 0 Å². The van der Waals surface area contributed by atoms with Crippen LogP contribution >= 0.6 is 0 Å². The number of aromatic hydroxyl groups is 1. The Kier molecular flexibility index (Phi) is 5.47. The lowest BCUT2D eigenvalue weighted by Crippen LogP contribution is -2.32. The SMILES string of the molecule is CC(=O)c1cc(F)c(F)cc1C1=CCCCC1NCc1ccc(O)cc1. The van der Waals surface area contributed by atoms with Gasteiger partial charge in [0.05, 0.1) is 0 Å². The van der Waals surface area contributed by atoms with Crippen LogP contribution in [-0.2, 0) is 6.54 Å². The number of ketones is 1. The van der Waals surface area contributed by atoms with Crippen molar-refractivity contribution in [3.63, 3.8) is 0 Å². The molecule has 1 aliphatic rings. The fourth-order valence-corrected chi connectivity index (χ4v) is 3.32. The third-order valence-corrected chi connectivity index (χ3v) is 4.68. The van der Waals surface area contributed by atoms with Crippen LogP contribution < -0.4 is 5.32 Å². The number of phenols is 1. The molecule has 2 aromatic rings. The molecule has 0 spiro atoms. The molecule has 5 heteroatoms. The van der Waals surface area contributed by atoms with Crippen LogP contribution in [0.5, 0.6) is 5.75 Å². The number of rotatable bonds is 5. The van der Waals surface area contributed by atoms with E-state index in [4.69, 9.17) is 0 Å². The molecule has 0 amide bonds. The van der Waals surface area contributed by atoms with Crippen LogP contribution in [0.2, 0.25) is 0 Å². The number of halogens is 2. The maximum atomic E-state index is 13.8. The van der Waals surface area contributed by atoms with Crippen molar-refractivity contribution >= 4 is 11.4 Å². The lowest BCUT2D eigenvalue weighted by molar-refractivity contribution is 0.101. The highest BCUT2D eigenvalue weighted by molar-refractivity contribution is 5.99. The number of allylic oxidation sites excluding steroid dienone is 1. The highest BCUT2D eigenvalue weighted by Gasteiger charge is 2.24. The second kappa shape index (κ2) is 7.79. The molecule has 0 saturated carbocycles. The second-order valence-corrected chi connectivity index (χ2v) is 6.56. The van der Waals surface area contributed by atoms with Crippen molar-refractivity contribution in [3.05, 3.63) is 70.8 Å². The van der Waals surface area contributed by atoms with E-state index in [0.717, 1.165) is 42.5 Å². The summed E-state index contributed by atoms with van der Waals surface area (Å²) < 4.78 is 27.4. The molecule has 1 unspecified atom stereocenters. The van der Waals surface area contributed by atoms with Gasteiger partial charge in [-0.25, -0.2) is 8.78 Å². The molecule has 0 bridgehead atoms. The molecule has 136 valence electrons. The van der Waals surface area contributed by atoms with Crippen LogP contribution in [0.4, 0.5) is 8.78 Å². The van der Waals surface area contributed by atoms with E-state index >= 15 is 0 Å². The van der Waals surface area contributed by atoms with Gasteiger partial charge in [0.15, 0.2) is 17.4 Å². The Hall–Kier alpha value is -2.53. The van der Waals surface area contributed by atoms with E-state index in [1.54, 1.807) is 12.1 Å². The van der Waals surface area contributed by atoms with Gasteiger partial charge in [0.25, 0.3) is 0 Å². The van der Waals surface area contributed by atoms with Crippen molar-refractivity contribution in [2.75, 3.05) is 0 Å². The van der Waals surface area contributed by atoms with Crippen molar-refractivity contribution in [2.24, 2.45) is 0 Å². The zero-order valence-corrected chi connectivity index (χ0v) is 14.6. The molecule has 0 aliphatic heterocycles. The summed E-state index contributed by atoms with van der Waals surface area (Å²) in [4.78, 5) is 11.9. The van der Waals surface area contributed by atoms with E-state index in [-0.39, 0.29) is 23.1 Å². The monoisotopic (exact) mass is 357 g/mol. The highest BCUT2D eigenvalue weighted by atomic mass is 19.2. The van der Waals surface area contributed by atoms with Crippen molar-refractivity contribution < 1.29 is 18.7 Å². The van der Waals surface area contributed by atoms with Crippen molar-refractivity contribution in [3.8, 4) is 5.75 Å². The topological polar surface area (TPSA) is 49.3 Å². The largest absolute Gasteiger partial charge is 0.508 e. The average Bonchev–Trinajstić information content (AvgIpc) is 2.63. The molecule has 3 rings (SSSR count). The summed E-state index contributed by atoms with van der Waals surface area (Å²) in [5.74, 6) is -2.04. The fourth-order valence-electron chi connectivity index (χ4n) is 3.32. The molecule has 2 aromatic carbocycles. The van der Waals surface area contributed by atoms with Gasteiger partial charge in [0, 0.05) is 18.2 Å². The molecule has 1 atom stereocenters. The van der Waals surface area contributed by atoms with E-state index in [2.05, 4.69) is 5.32 Å². The van der Waals surface area contributed by atoms with E-state index in [0.29, 0.717) is 12.1 Å². The summed E-state index contributed by atoms with van der Waals surface area (Å²) in [5.41, 5.74) is 2.50. The number of phenolic OH excluding ortho intramolecular Hbond substituents is 1. The third-order valence-electron chi connectivity index (χ3n) is 4.68. The second-order valence-electron chi connectivity index (χ2n) is 6.56. The Morgan fingerprint density at radius 1 is 1.19 bits per heavy atom. The molecule has 0 saturated heterocycles. The molecule has 0 fully saturated rings. The number of hydrogen-bond acceptors (Lipinski definition) is 3. The van der Waals surface area contributed by atoms with Gasteiger partial charge in [-0.3, -0.25) is 4.79 Å². The van der Waals surface area contributed by atoms with Crippen molar-refractivity contribution in [1.29, 1.82) is 0 Å². The minimum Gasteiger partial charge on any atom is -0.508 e. The molecule has 2 N–H and O–H groups in total. The van der Waals surface area contributed by atoms with Crippen LogP contribution in [-0.4, -0.2) is 16.9 Å². The number of hydrogen-bond donors (Lipinski definition) is 2. The Bertz CT molecular complexity index is 844. The smallest absolute Gasteiger partial charge is 0.160 e. The molecule has 3 nitrogen and oxygen atoms in total. The number of nitrogens with one attached hydrogen (secondary N) is 1. The Morgan fingerprint density at radius 3 is 2.58 bits per heavy atom. The summed E-state index contributed by atoms with van der Waals surface area (Å²) >= 11 is 0. The molecule has 0 heterocycles. The van der Waals surface area contributed by atoms with Gasteiger partial charge in [0.1, 0.15) is 5.75 Å². The average molecular weight is 357 g/mol. The normalized spacial score (nSPS) is 17.0. The summed E-state index contributed by atoms with van der Waals surface area (Å²) in [5, 5.41) is 12.8. The minimum atomic E-state index is -1.01. The van der Waals surface area contributed by atoms with E-state index in [9.17, 15) is 18.7 Å². The van der Waals surface area contributed by atoms with E-state index in [1.807, 2.05) is 18.2 Å². The lowest BCUT2D eigenvalue weighted by Gasteiger charge is -2.27. The predicted octanol–water partition coefficient (Wildman–Crippen LogP) is 4.60. The van der Waals surface area contributed by atoms with Gasteiger partial charge in [-0.2, -0.15) is 0 Å². The molecule has 0 aromatic heterocycles. The lowest BCUT2D eigenvalue weighted by atomic mass is 9.85. The summed E-state index contributed by atoms with van der Waals surface area (Å²) in [6.07, 6.45) is 4.66. The van der Waals surface area contributed by atoms with Gasteiger partial charge >= 0.3 is 0 Å². The zero-order valence-electron chi connectivity index (χ0n) is 14.6. The fraction of sp³-hybridized carbons (Fsp3) is 0.286.